The van der Waals surface area contributed by atoms with Gasteiger partial charge in [-0.05, 0) is 12.2 Å². The third-order valence-electron chi connectivity index (χ3n) is 4.62. The van der Waals surface area contributed by atoms with Gasteiger partial charge in [0.1, 0.15) is 6.29 Å². The lowest BCUT2D eigenvalue weighted by molar-refractivity contribution is -0.387. The van der Waals surface area contributed by atoms with Gasteiger partial charge < -0.3 is 19.9 Å². The summed E-state index contributed by atoms with van der Waals surface area (Å²) in [4.78, 5) is 35.6. The highest BCUT2D eigenvalue weighted by Crippen LogP contribution is 2.37. The van der Waals surface area contributed by atoms with Gasteiger partial charge in [0.05, 0.1) is 11.0 Å². The molecular formula is C16H24N6O4S2. The summed E-state index contributed by atoms with van der Waals surface area (Å²) in [6.45, 7) is 4.60. The van der Waals surface area contributed by atoms with Crippen LogP contribution in [0.25, 0.3) is 0 Å². The average molecular weight is 429 g/mol. The molecule has 0 spiro atoms. The van der Waals surface area contributed by atoms with E-state index >= 15 is 0 Å². The summed E-state index contributed by atoms with van der Waals surface area (Å²) >= 11 is 1.33. The molecule has 0 radical (unpaired) electrons. The number of carbonyl (C=O) groups is 1. The molecule has 0 aromatic carbocycles. The second kappa shape index (κ2) is 9.61. The molecule has 1 unspecified atom stereocenters. The van der Waals surface area contributed by atoms with Gasteiger partial charge in [-0.2, -0.15) is 9.97 Å². The molecule has 0 aliphatic carbocycles. The molecule has 1 N–H and O–H groups in total. The number of nitro groups is 1. The van der Waals surface area contributed by atoms with Crippen LogP contribution < -0.4 is 15.1 Å². The van der Waals surface area contributed by atoms with E-state index in [2.05, 4.69) is 15.3 Å². The number of aromatic nitrogens is 2. The van der Waals surface area contributed by atoms with E-state index < -0.39 is 21.8 Å². The quantitative estimate of drug-likeness (QED) is 0.215. The number of piperazine rings is 1. The van der Waals surface area contributed by atoms with E-state index in [-0.39, 0.29) is 11.5 Å². The van der Waals surface area contributed by atoms with Crippen LogP contribution >= 0.6 is 11.8 Å². The number of rotatable bonds is 7. The summed E-state index contributed by atoms with van der Waals surface area (Å²) in [6.07, 6.45) is 1.70. The standard InChI is InChI=1S/C16H24N6O4S2/c1-2-7-27-15-13(22(24)25)14(20-5-8-28(26)9-6-20)18-16(19-15)21-4-3-17-10-12(21)11-23/h11-12,17H,2-10H2,1H3. The van der Waals surface area contributed by atoms with Gasteiger partial charge in [0.25, 0.3) is 0 Å². The molecule has 0 amide bonds. The van der Waals surface area contributed by atoms with Crippen molar-refractivity contribution < 1.29 is 13.9 Å². The van der Waals surface area contributed by atoms with Crippen LogP contribution in [0.2, 0.25) is 0 Å². The van der Waals surface area contributed by atoms with E-state index in [1.54, 1.807) is 4.90 Å². The zero-order valence-corrected chi connectivity index (χ0v) is 17.3. The largest absolute Gasteiger partial charge is 0.349 e. The van der Waals surface area contributed by atoms with Crippen LogP contribution in [-0.4, -0.2) is 81.4 Å². The number of thioether (sulfide) groups is 1. The maximum absolute atomic E-state index is 11.9. The fourth-order valence-corrected chi connectivity index (χ4v) is 5.06. The molecule has 2 saturated heterocycles. The minimum absolute atomic E-state index is 0.104. The fraction of sp³-hybridized carbons (Fsp3) is 0.688. The lowest BCUT2D eigenvalue weighted by atomic mass is 10.2. The number of nitrogens with zero attached hydrogens (tertiary/aromatic N) is 5. The van der Waals surface area contributed by atoms with E-state index in [9.17, 15) is 19.1 Å². The Morgan fingerprint density at radius 2 is 2.11 bits per heavy atom. The van der Waals surface area contributed by atoms with Gasteiger partial charge in [-0.25, -0.2) is 0 Å². The number of carbonyl (C=O) groups excluding carboxylic acids is 1. The summed E-state index contributed by atoms with van der Waals surface area (Å²) in [6, 6.07) is -0.416. The van der Waals surface area contributed by atoms with Gasteiger partial charge in [-0.15, -0.1) is 0 Å². The number of nitrogens with one attached hydrogen (secondary N) is 1. The number of anilines is 2. The molecule has 10 nitrogen and oxygen atoms in total. The Kier molecular flexibility index (Phi) is 7.18. The SMILES string of the molecule is CCCSc1nc(N2CCNCC2C=O)nc(N2CCS(=O)CC2)c1[N+](=O)[O-]. The predicted octanol–water partition coefficient (Wildman–Crippen LogP) is 0.433. The monoisotopic (exact) mass is 428 g/mol. The Hall–Kier alpha value is -1.79. The molecule has 0 bridgehead atoms. The maximum Gasteiger partial charge on any atom is 0.343 e. The maximum atomic E-state index is 11.9. The molecule has 154 valence electrons. The molecule has 1 aromatic heterocycles. The van der Waals surface area contributed by atoms with Crippen LogP contribution in [0.5, 0.6) is 0 Å². The summed E-state index contributed by atoms with van der Waals surface area (Å²) < 4.78 is 11.7. The minimum atomic E-state index is -0.904. The third-order valence-corrected chi connectivity index (χ3v) is 7.07. The Morgan fingerprint density at radius 3 is 2.75 bits per heavy atom. The Bertz CT molecular complexity index is 755. The van der Waals surface area contributed by atoms with Crippen molar-refractivity contribution in [3.8, 4) is 0 Å². The fourth-order valence-electron chi connectivity index (χ4n) is 3.17. The predicted molar refractivity (Wildman–Crippen MR) is 110 cm³/mol. The highest BCUT2D eigenvalue weighted by molar-refractivity contribution is 7.99. The van der Waals surface area contributed by atoms with Crippen LogP contribution in [0.3, 0.4) is 0 Å². The van der Waals surface area contributed by atoms with Gasteiger partial charge in [-0.3, -0.25) is 14.3 Å². The van der Waals surface area contributed by atoms with E-state index in [0.29, 0.717) is 61.0 Å². The van der Waals surface area contributed by atoms with Crippen LogP contribution in [0.15, 0.2) is 5.03 Å². The third kappa shape index (κ3) is 4.61. The van der Waals surface area contributed by atoms with Crippen LogP contribution in [-0.2, 0) is 15.6 Å². The van der Waals surface area contributed by atoms with Crippen molar-refractivity contribution in [1.29, 1.82) is 0 Å². The van der Waals surface area contributed by atoms with E-state index in [1.165, 1.54) is 11.8 Å². The summed E-state index contributed by atoms with van der Waals surface area (Å²) in [7, 11) is -0.904. The summed E-state index contributed by atoms with van der Waals surface area (Å²) in [5.74, 6) is 2.20. The van der Waals surface area contributed by atoms with Crippen molar-refractivity contribution >= 4 is 46.3 Å². The highest BCUT2D eigenvalue weighted by atomic mass is 32.2. The van der Waals surface area contributed by atoms with E-state index in [1.807, 2.05) is 11.8 Å². The van der Waals surface area contributed by atoms with Crippen molar-refractivity contribution in [3.63, 3.8) is 0 Å². The van der Waals surface area contributed by atoms with Gasteiger partial charge in [0.15, 0.2) is 5.03 Å². The Morgan fingerprint density at radius 1 is 1.36 bits per heavy atom. The Labute approximate surface area is 170 Å². The molecular weight excluding hydrogens is 404 g/mol. The first kappa shape index (κ1) is 20.9. The Balaban J connectivity index is 2.07. The molecule has 1 aromatic rings. The van der Waals surface area contributed by atoms with E-state index in [4.69, 9.17) is 0 Å². The first-order chi connectivity index (χ1) is 13.5. The molecule has 2 fully saturated rings. The first-order valence-corrected chi connectivity index (χ1v) is 11.7. The zero-order chi connectivity index (χ0) is 20.1. The molecule has 2 aliphatic heterocycles. The summed E-state index contributed by atoms with van der Waals surface area (Å²) in [5.41, 5.74) is -0.104. The van der Waals surface area contributed by atoms with Crippen molar-refractivity contribution in [2.75, 3.05) is 59.8 Å². The molecule has 3 rings (SSSR count). The molecule has 2 aliphatic rings. The second-order valence-electron chi connectivity index (χ2n) is 6.54. The van der Waals surface area contributed by atoms with Crippen molar-refractivity contribution in [3.05, 3.63) is 10.1 Å². The van der Waals surface area contributed by atoms with Crippen molar-refractivity contribution in [2.45, 2.75) is 24.4 Å². The van der Waals surface area contributed by atoms with Gasteiger partial charge in [0, 0.05) is 55.0 Å². The first-order valence-electron chi connectivity index (χ1n) is 9.27. The molecule has 12 heteroatoms. The molecule has 1 atom stereocenters. The lowest BCUT2D eigenvalue weighted by Crippen LogP contribution is -2.53. The number of aldehydes is 1. The smallest absolute Gasteiger partial charge is 0.343 e. The van der Waals surface area contributed by atoms with Crippen LogP contribution in [0, 0.1) is 10.1 Å². The number of hydrogen-bond acceptors (Lipinski definition) is 10. The van der Waals surface area contributed by atoms with Crippen molar-refractivity contribution in [2.24, 2.45) is 0 Å². The number of hydrogen-bond donors (Lipinski definition) is 1. The second-order valence-corrected chi connectivity index (χ2v) is 9.32. The van der Waals surface area contributed by atoms with Gasteiger partial charge in [0.2, 0.25) is 11.8 Å². The van der Waals surface area contributed by atoms with Crippen LogP contribution in [0.4, 0.5) is 17.5 Å². The molecule has 28 heavy (non-hydrogen) atoms. The minimum Gasteiger partial charge on any atom is -0.349 e. The topological polar surface area (TPSA) is 122 Å². The highest BCUT2D eigenvalue weighted by Gasteiger charge is 2.33. The average Bonchev–Trinajstić information content (AvgIpc) is 2.71. The van der Waals surface area contributed by atoms with Crippen LogP contribution in [0.1, 0.15) is 13.3 Å². The lowest BCUT2D eigenvalue weighted by Gasteiger charge is -2.34. The van der Waals surface area contributed by atoms with Crippen molar-refractivity contribution in [1.82, 2.24) is 15.3 Å². The summed E-state index contributed by atoms with van der Waals surface area (Å²) in [5, 5.41) is 15.3. The zero-order valence-electron chi connectivity index (χ0n) is 15.7. The van der Waals surface area contributed by atoms with E-state index in [0.717, 1.165) is 12.7 Å². The normalized spacial score (nSPS) is 21.0. The molecule has 0 saturated carbocycles. The van der Waals surface area contributed by atoms with Gasteiger partial charge in [-0.1, -0.05) is 18.7 Å². The van der Waals surface area contributed by atoms with Gasteiger partial charge >= 0.3 is 5.69 Å². The molecule has 3 heterocycles.